The Labute approximate surface area is 115 Å². The summed E-state index contributed by atoms with van der Waals surface area (Å²) >= 11 is 0. The van der Waals surface area contributed by atoms with Crippen molar-refractivity contribution >= 4 is 0 Å². The van der Waals surface area contributed by atoms with Crippen LogP contribution in [0.4, 0.5) is 0 Å². The summed E-state index contributed by atoms with van der Waals surface area (Å²) in [4.78, 5) is 0. The van der Waals surface area contributed by atoms with E-state index in [0.29, 0.717) is 0 Å². The fourth-order valence-corrected chi connectivity index (χ4v) is 1.40. The zero-order valence-electron chi connectivity index (χ0n) is 11.9. The van der Waals surface area contributed by atoms with Gasteiger partial charge in [0.05, 0.1) is 0 Å². The van der Waals surface area contributed by atoms with Gasteiger partial charge >= 0.3 is 37.7 Å². The van der Waals surface area contributed by atoms with E-state index in [1.165, 1.54) is 37.7 Å². The molecule has 0 radical (unpaired) electrons. The van der Waals surface area contributed by atoms with Crippen LogP contribution in [0.1, 0.15) is 41.0 Å². The molecule has 1 aromatic rings. The third-order valence-corrected chi connectivity index (χ3v) is 2.16. The molecular formula is C12H20Li2. The van der Waals surface area contributed by atoms with E-state index >= 15 is 0 Å². The van der Waals surface area contributed by atoms with Crippen molar-refractivity contribution < 1.29 is 40.6 Å². The van der Waals surface area contributed by atoms with Crippen molar-refractivity contribution in [1.29, 1.82) is 0 Å². The molecule has 1 rings (SSSR count). The van der Waals surface area contributed by atoms with Gasteiger partial charge < -0.3 is 2.85 Å². The predicted octanol–water partition coefficient (Wildman–Crippen LogP) is -1.96. The van der Waals surface area contributed by atoms with Gasteiger partial charge in [0.25, 0.3) is 0 Å². The summed E-state index contributed by atoms with van der Waals surface area (Å²) in [7, 11) is 0. The fraction of sp³-hybridized carbons (Fsp3) is 0.500. The minimum Gasteiger partial charge on any atom is -1.00 e. The second-order valence-electron chi connectivity index (χ2n) is 3.30. The Morgan fingerprint density at radius 2 is 1.57 bits per heavy atom. The van der Waals surface area contributed by atoms with Crippen molar-refractivity contribution in [3.8, 4) is 0 Å². The molecule has 0 amide bonds. The van der Waals surface area contributed by atoms with Crippen LogP contribution in [0.2, 0.25) is 0 Å². The molecule has 0 nitrogen and oxygen atoms in total. The molecule has 0 N–H and O–H groups in total. The maximum Gasteiger partial charge on any atom is 1.00 e. The normalized spacial score (nSPS) is 8.64. The van der Waals surface area contributed by atoms with Crippen LogP contribution in [0.15, 0.2) is 30.3 Å². The van der Waals surface area contributed by atoms with Crippen molar-refractivity contribution in [2.45, 2.75) is 39.0 Å². The van der Waals surface area contributed by atoms with Crippen LogP contribution in [-0.4, -0.2) is 0 Å². The Balaban J connectivity index is -0.000000180. The summed E-state index contributed by atoms with van der Waals surface area (Å²) in [5.74, 6) is 0. The molecule has 0 aliphatic rings. The van der Waals surface area contributed by atoms with E-state index in [1.54, 1.807) is 0 Å². The molecule has 1 aromatic carbocycles. The van der Waals surface area contributed by atoms with E-state index in [2.05, 4.69) is 37.3 Å². The largest absolute Gasteiger partial charge is 1.00 e. The van der Waals surface area contributed by atoms with E-state index in [0.717, 1.165) is 0 Å². The molecule has 0 fully saturated rings. The smallest absolute Gasteiger partial charge is 1.00 e. The average molecular weight is 178 g/mol. The van der Waals surface area contributed by atoms with Gasteiger partial charge in [0.2, 0.25) is 0 Å². The Kier molecular flexibility index (Phi) is 13.8. The molecule has 0 unspecified atom stereocenters. The summed E-state index contributed by atoms with van der Waals surface area (Å²) in [6.07, 6.45) is 6.69. The van der Waals surface area contributed by atoms with Crippen molar-refractivity contribution in [3.63, 3.8) is 0 Å². The summed E-state index contributed by atoms with van der Waals surface area (Å²) in [5, 5.41) is 0. The molecule has 0 atom stereocenters. The van der Waals surface area contributed by atoms with Crippen molar-refractivity contribution in [2.75, 3.05) is 0 Å². The molecule has 0 saturated heterocycles. The number of hydrogen-bond acceptors (Lipinski definition) is 0. The van der Waals surface area contributed by atoms with Crippen molar-refractivity contribution in [3.05, 3.63) is 35.9 Å². The minimum atomic E-state index is 0. The van der Waals surface area contributed by atoms with Crippen molar-refractivity contribution in [1.82, 2.24) is 0 Å². The van der Waals surface area contributed by atoms with Crippen LogP contribution < -0.4 is 37.7 Å². The van der Waals surface area contributed by atoms with Crippen LogP contribution >= 0.6 is 0 Å². The molecule has 0 heterocycles. The first-order valence-corrected chi connectivity index (χ1v) is 4.97. The molecule has 2 heteroatoms. The zero-order valence-corrected chi connectivity index (χ0v) is 9.92. The summed E-state index contributed by atoms with van der Waals surface area (Å²) < 4.78 is 0. The maximum atomic E-state index is 2.25. The molecular weight excluding hydrogens is 158 g/mol. The van der Waals surface area contributed by atoms with Gasteiger partial charge in [0, 0.05) is 0 Å². The van der Waals surface area contributed by atoms with Crippen LogP contribution in [0.3, 0.4) is 0 Å². The first-order chi connectivity index (χ1) is 5.93. The van der Waals surface area contributed by atoms with Crippen LogP contribution in [0.25, 0.3) is 0 Å². The standard InChI is InChI=1S/C12H18.2Li.2H/c1-2-3-4-6-9-12-10-7-5-8-11-12;;;;/h5,7-8,10-11H,2-4,6,9H2,1H3;;;;/q;2*+1;2*-1. The second-order valence-corrected chi connectivity index (χ2v) is 3.30. The molecule has 0 aliphatic carbocycles. The van der Waals surface area contributed by atoms with Gasteiger partial charge in [-0.15, -0.1) is 0 Å². The monoisotopic (exact) mass is 178 g/mol. The van der Waals surface area contributed by atoms with E-state index in [9.17, 15) is 0 Å². The third-order valence-electron chi connectivity index (χ3n) is 2.16. The second kappa shape index (κ2) is 11.5. The Morgan fingerprint density at radius 1 is 0.929 bits per heavy atom. The average Bonchev–Trinajstić information content (AvgIpc) is 2.14. The minimum absolute atomic E-state index is 0. The summed E-state index contributed by atoms with van der Waals surface area (Å²) in [6.45, 7) is 2.25. The number of aryl methyl sites for hydroxylation is 1. The van der Waals surface area contributed by atoms with Gasteiger partial charge in [-0.05, 0) is 18.4 Å². The van der Waals surface area contributed by atoms with Crippen LogP contribution in [-0.2, 0) is 6.42 Å². The molecule has 0 bridgehead atoms. The first-order valence-electron chi connectivity index (χ1n) is 4.97. The molecule has 0 aromatic heterocycles. The Hall–Kier alpha value is 0.415. The number of rotatable bonds is 5. The van der Waals surface area contributed by atoms with E-state index in [4.69, 9.17) is 0 Å². The Morgan fingerprint density at radius 3 is 2.14 bits per heavy atom. The van der Waals surface area contributed by atoms with Gasteiger partial charge in [-0.1, -0.05) is 56.5 Å². The fourth-order valence-electron chi connectivity index (χ4n) is 1.40. The van der Waals surface area contributed by atoms with E-state index in [1.807, 2.05) is 0 Å². The van der Waals surface area contributed by atoms with E-state index in [-0.39, 0.29) is 40.6 Å². The molecule has 70 valence electrons. The van der Waals surface area contributed by atoms with Gasteiger partial charge in [-0.2, -0.15) is 0 Å². The molecule has 0 spiro atoms. The van der Waals surface area contributed by atoms with Gasteiger partial charge in [0.1, 0.15) is 0 Å². The maximum absolute atomic E-state index is 2.25. The number of unbranched alkanes of at least 4 members (excludes halogenated alkanes) is 3. The van der Waals surface area contributed by atoms with Gasteiger partial charge in [0.15, 0.2) is 0 Å². The third kappa shape index (κ3) is 7.79. The first kappa shape index (κ1) is 16.8. The van der Waals surface area contributed by atoms with Gasteiger partial charge in [-0.25, -0.2) is 0 Å². The zero-order chi connectivity index (χ0) is 8.65. The van der Waals surface area contributed by atoms with Crippen molar-refractivity contribution in [2.24, 2.45) is 0 Å². The van der Waals surface area contributed by atoms with Gasteiger partial charge in [-0.3, -0.25) is 0 Å². The quantitative estimate of drug-likeness (QED) is 0.363. The van der Waals surface area contributed by atoms with Crippen LogP contribution in [0.5, 0.6) is 0 Å². The summed E-state index contributed by atoms with van der Waals surface area (Å²) in [6, 6.07) is 10.7. The molecule has 0 saturated carbocycles. The molecule has 14 heavy (non-hydrogen) atoms. The number of hydrogen-bond donors (Lipinski definition) is 0. The molecule has 0 aliphatic heterocycles. The summed E-state index contributed by atoms with van der Waals surface area (Å²) in [5.41, 5.74) is 1.48. The predicted molar refractivity (Wildman–Crippen MR) is 56.5 cm³/mol. The topological polar surface area (TPSA) is 0 Å². The van der Waals surface area contributed by atoms with Crippen LogP contribution in [0, 0.1) is 0 Å². The SMILES string of the molecule is CCCCCCc1ccccc1.[H-].[H-].[Li+].[Li+]. The number of benzene rings is 1. The Bertz CT molecular complexity index is 205. The van der Waals surface area contributed by atoms with E-state index < -0.39 is 0 Å².